The van der Waals surface area contributed by atoms with Gasteiger partial charge in [-0.05, 0) is 0 Å². The minimum atomic E-state index is -4.55. The molecule has 1 rings (SSSR count). The lowest BCUT2D eigenvalue weighted by atomic mass is 10.3. The number of hydrogen-bond acceptors (Lipinski definition) is 6. The van der Waals surface area contributed by atoms with Crippen molar-refractivity contribution in [1.82, 2.24) is 9.97 Å². The standard InChI is InChI=1S/C9H9F3N2O4/c1-16-6-5(3-15)7(14-8(13-6)17-2)18-4-9(10,11)12/h3H,4H2,1-2H3. The molecule has 0 atom stereocenters. The highest BCUT2D eigenvalue weighted by Crippen LogP contribution is 2.27. The van der Waals surface area contributed by atoms with E-state index in [4.69, 9.17) is 4.74 Å². The van der Waals surface area contributed by atoms with E-state index >= 15 is 0 Å². The van der Waals surface area contributed by atoms with Gasteiger partial charge in [-0.2, -0.15) is 23.1 Å². The summed E-state index contributed by atoms with van der Waals surface area (Å²) in [5, 5.41) is 0. The van der Waals surface area contributed by atoms with Gasteiger partial charge in [-0.1, -0.05) is 0 Å². The van der Waals surface area contributed by atoms with Crippen LogP contribution in [0, 0.1) is 0 Å². The average molecular weight is 266 g/mol. The van der Waals surface area contributed by atoms with Crippen molar-refractivity contribution in [3.8, 4) is 17.8 Å². The van der Waals surface area contributed by atoms with Crippen LogP contribution in [0.4, 0.5) is 13.2 Å². The lowest BCUT2D eigenvalue weighted by Gasteiger charge is -2.12. The number of halogens is 3. The molecule has 0 fully saturated rings. The second kappa shape index (κ2) is 5.52. The van der Waals surface area contributed by atoms with E-state index in [1.807, 2.05) is 0 Å². The monoisotopic (exact) mass is 266 g/mol. The van der Waals surface area contributed by atoms with Crippen molar-refractivity contribution in [3.63, 3.8) is 0 Å². The van der Waals surface area contributed by atoms with Crippen LogP contribution in [0.3, 0.4) is 0 Å². The van der Waals surface area contributed by atoms with E-state index < -0.39 is 18.7 Å². The first-order chi connectivity index (χ1) is 8.41. The SMILES string of the molecule is COc1nc(OC)c(C=O)c(OCC(F)(F)F)n1. The Labute approximate surface area is 99.7 Å². The molecule has 1 heterocycles. The number of nitrogens with zero attached hydrogens (tertiary/aromatic N) is 2. The zero-order chi connectivity index (χ0) is 13.8. The minimum absolute atomic E-state index is 0.228. The van der Waals surface area contributed by atoms with E-state index in [0.29, 0.717) is 0 Å². The van der Waals surface area contributed by atoms with Gasteiger partial charge in [0.15, 0.2) is 12.9 Å². The maximum atomic E-state index is 12.0. The van der Waals surface area contributed by atoms with Crippen LogP contribution in [0.5, 0.6) is 17.8 Å². The fourth-order valence-electron chi connectivity index (χ4n) is 1.02. The molecule has 0 unspecified atom stereocenters. The Morgan fingerprint density at radius 1 is 1.17 bits per heavy atom. The number of hydrogen-bond donors (Lipinski definition) is 0. The van der Waals surface area contributed by atoms with Crippen molar-refractivity contribution in [3.05, 3.63) is 5.56 Å². The van der Waals surface area contributed by atoms with Crippen molar-refractivity contribution >= 4 is 6.29 Å². The molecule has 0 bridgehead atoms. The van der Waals surface area contributed by atoms with Gasteiger partial charge < -0.3 is 14.2 Å². The topological polar surface area (TPSA) is 70.5 Å². The summed E-state index contributed by atoms with van der Waals surface area (Å²) in [5.74, 6) is -0.778. The number of aromatic nitrogens is 2. The highest BCUT2D eigenvalue weighted by atomic mass is 19.4. The molecule has 0 aliphatic carbocycles. The summed E-state index contributed by atoms with van der Waals surface area (Å²) in [4.78, 5) is 17.9. The molecule has 0 N–H and O–H groups in total. The molecular formula is C9H9F3N2O4. The van der Waals surface area contributed by atoms with Crippen LogP contribution in [0.25, 0.3) is 0 Å². The molecule has 1 aromatic rings. The molecule has 0 saturated carbocycles. The molecule has 9 heteroatoms. The second-order valence-corrected chi connectivity index (χ2v) is 2.96. The Morgan fingerprint density at radius 2 is 1.78 bits per heavy atom. The maximum Gasteiger partial charge on any atom is 0.422 e. The first kappa shape index (κ1) is 14.0. The average Bonchev–Trinajstić information content (AvgIpc) is 2.33. The lowest BCUT2D eigenvalue weighted by molar-refractivity contribution is -0.154. The molecule has 6 nitrogen and oxygen atoms in total. The van der Waals surface area contributed by atoms with Crippen molar-refractivity contribution in [2.45, 2.75) is 6.18 Å². The molecule has 0 radical (unpaired) electrons. The normalized spacial score (nSPS) is 10.9. The summed E-state index contributed by atoms with van der Waals surface area (Å²) in [6.45, 7) is -1.59. The van der Waals surface area contributed by atoms with Crippen molar-refractivity contribution < 1.29 is 32.2 Å². The van der Waals surface area contributed by atoms with Gasteiger partial charge in [-0.25, -0.2) is 0 Å². The van der Waals surface area contributed by atoms with Crippen LogP contribution < -0.4 is 14.2 Å². The van der Waals surface area contributed by atoms with Gasteiger partial charge in [0.05, 0.1) is 14.2 Å². The summed E-state index contributed by atoms with van der Waals surface area (Å²) in [6, 6.07) is -0.269. The highest BCUT2D eigenvalue weighted by molar-refractivity contribution is 5.81. The highest BCUT2D eigenvalue weighted by Gasteiger charge is 2.30. The molecule has 0 amide bonds. The van der Waals surface area contributed by atoms with E-state index in [1.54, 1.807) is 0 Å². The Kier molecular flexibility index (Phi) is 4.29. The van der Waals surface area contributed by atoms with E-state index in [2.05, 4.69) is 19.4 Å². The number of alkyl halides is 3. The smallest absolute Gasteiger partial charge is 0.422 e. The minimum Gasteiger partial charge on any atom is -0.480 e. The summed E-state index contributed by atoms with van der Waals surface area (Å²) in [6.07, 6.45) is -4.31. The van der Waals surface area contributed by atoms with Crippen LogP contribution >= 0.6 is 0 Å². The zero-order valence-corrected chi connectivity index (χ0v) is 9.45. The van der Waals surface area contributed by atoms with Crippen molar-refractivity contribution in [2.75, 3.05) is 20.8 Å². The molecule has 0 aromatic carbocycles. The Morgan fingerprint density at radius 3 is 2.22 bits per heavy atom. The molecule has 0 saturated heterocycles. The molecule has 0 aliphatic heterocycles. The van der Waals surface area contributed by atoms with Crippen LogP contribution in [0.2, 0.25) is 0 Å². The van der Waals surface area contributed by atoms with Gasteiger partial charge in [0.1, 0.15) is 5.56 Å². The Bertz CT molecular complexity index is 437. The second-order valence-electron chi connectivity index (χ2n) is 2.96. The van der Waals surface area contributed by atoms with Gasteiger partial charge >= 0.3 is 12.2 Å². The van der Waals surface area contributed by atoms with Gasteiger partial charge in [0.25, 0.3) is 0 Å². The number of aldehydes is 1. The van der Waals surface area contributed by atoms with Gasteiger partial charge in [-0.3, -0.25) is 4.79 Å². The predicted octanol–water partition coefficient (Wildman–Crippen LogP) is 1.25. The molecule has 0 aliphatic rings. The molecular weight excluding hydrogens is 257 g/mol. The van der Waals surface area contributed by atoms with Gasteiger partial charge in [-0.15, -0.1) is 0 Å². The summed E-state index contributed by atoms with van der Waals surface area (Å²) in [5.41, 5.74) is -0.317. The summed E-state index contributed by atoms with van der Waals surface area (Å²) in [7, 11) is 2.41. The molecule has 1 aromatic heterocycles. The molecule has 0 spiro atoms. The van der Waals surface area contributed by atoms with Gasteiger partial charge in [0.2, 0.25) is 11.8 Å². The van der Waals surface area contributed by atoms with E-state index in [-0.39, 0.29) is 23.7 Å². The van der Waals surface area contributed by atoms with E-state index in [0.717, 1.165) is 0 Å². The third-order valence-electron chi connectivity index (χ3n) is 1.72. The van der Waals surface area contributed by atoms with Crippen LogP contribution in [-0.4, -0.2) is 43.3 Å². The fourth-order valence-corrected chi connectivity index (χ4v) is 1.02. The van der Waals surface area contributed by atoms with Crippen LogP contribution in [0.1, 0.15) is 10.4 Å². The van der Waals surface area contributed by atoms with E-state index in [1.165, 1.54) is 14.2 Å². The lowest BCUT2D eigenvalue weighted by Crippen LogP contribution is -2.20. The maximum absolute atomic E-state index is 12.0. The van der Waals surface area contributed by atoms with E-state index in [9.17, 15) is 18.0 Å². The van der Waals surface area contributed by atoms with Crippen molar-refractivity contribution in [2.24, 2.45) is 0 Å². The predicted molar refractivity (Wildman–Crippen MR) is 52.1 cm³/mol. The fraction of sp³-hybridized carbons (Fsp3) is 0.444. The number of carbonyl (C=O) groups is 1. The largest absolute Gasteiger partial charge is 0.480 e. The summed E-state index contributed by atoms with van der Waals surface area (Å²) >= 11 is 0. The van der Waals surface area contributed by atoms with Crippen LogP contribution in [0.15, 0.2) is 0 Å². The molecule has 100 valence electrons. The Balaban J connectivity index is 3.10. The third kappa shape index (κ3) is 3.47. The summed E-state index contributed by atoms with van der Waals surface area (Å²) < 4.78 is 49.9. The van der Waals surface area contributed by atoms with Crippen molar-refractivity contribution in [1.29, 1.82) is 0 Å². The van der Waals surface area contributed by atoms with Gasteiger partial charge in [0, 0.05) is 0 Å². The quantitative estimate of drug-likeness (QED) is 0.747. The Hall–Kier alpha value is -2.06. The number of rotatable bonds is 5. The molecule has 18 heavy (non-hydrogen) atoms. The third-order valence-corrected chi connectivity index (χ3v) is 1.72. The van der Waals surface area contributed by atoms with Crippen LogP contribution in [-0.2, 0) is 0 Å². The first-order valence-corrected chi connectivity index (χ1v) is 4.56. The zero-order valence-electron chi connectivity index (χ0n) is 9.45. The number of carbonyl (C=O) groups excluding carboxylic acids is 1. The first-order valence-electron chi connectivity index (χ1n) is 4.56. The number of ether oxygens (including phenoxy) is 3. The number of methoxy groups -OCH3 is 2.